The number of hydrogen-bond acceptors (Lipinski definition) is 3. The van der Waals surface area contributed by atoms with Crippen molar-refractivity contribution >= 4 is 6.16 Å². The third-order valence-corrected chi connectivity index (χ3v) is 1.16. The van der Waals surface area contributed by atoms with Gasteiger partial charge in [0, 0.05) is 0 Å². The second-order valence-electron chi connectivity index (χ2n) is 1.99. The molecule has 1 aromatic carbocycles. The number of carbonyl (C=O) groups is 1. The van der Waals surface area contributed by atoms with E-state index in [1.807, 2.05) is 6.07 Å². The first kappa shape index (κ1) is 8.08. The van der Waals surface area contributed by atoms with Crippen LogP contribution in [-0.4, -0.2) is 6.16 Å². The van der Waals surface area contributed by atoms with Crippen molar-refractivity contribution in [1.29, 1.82) is 5.26 Å². The third-order valence-electron chi connectivity index (χ3n) is 1.16. The van der Waals surface area contributed by atoms with Crippen molar-refractivity contribution in [3.63, 3.8) is 0 Å². The summed E-state index contributed by atoms with van der Waals surface area (Å²) in [4.78, 5) is 9.95. The molecular weight excluding hydrogens is 158 g/mol. The first-order valence-electron chi connectivity index (χ1n) is 3.11. The molecule has 0 N–H and O–H groups in total. The largest absolute Gasteiger partial charge is 0.555 e. The molecule has 4 heteroatoms. The smallest absolute Gasteiger partial charge is 0.392 e. The average molecular weight is 162 g/mol. The van der Waals surface area contributed by atoms with Crippen molar-refractivity contribution in [2.45, 2.75) is 0 Å². The van der Waals surface area contributed by atoms with E-state index in [0.717, 1.165) is 0 Å². The Labute approximate surface area is 68.6 Å². The van der Waals surface area contributed by atoms with E-state index < -0.39 is 6.16 Å². The maximum atomic E-state index is 9.95. The lowest BCUT2D eigenvalue weighted by Gasteiger charge is -1.96. The maximum Gasteiger partial charge on any atom is 0.555 e. The van der Waals surface area contributed by atoms with Gasteiger partial charge in [0.05, 0.1) is 11.6 Å². The Morgan fingerprint density at radius 3 is 2.83 bits per heavy atom. The Bertz CT molecular complexity index is 340. The number of hydrogen-bond donors (Lipinski definition) is 0. The molecule has 0 aromatic heterocycles. The Kier molecular flexibility index (Phi) is 2.29. The van der Waals surface area contributed by atoms with Crippen LogP contribution in [0.5, 0.6) is 5.75 Å². The Balaban J connectivity index is 2.88. The zero-order valence-electron chi connectivity index (χ0n) is 5.98. The molecule has 0 saturated carbocycles. The zero-order valence-corrected chi connectivity index (χ0v) is 5.98. The van der Waals surface area contributed by atoms with Gasteiger partial charge in [-0.15, -0.1) is 0 Å². The van der Waals surface area contributed by atoms with Gasteiger partial charge in [-0.2, -0.15) is 15.2 Å². The molecule has 1 radical (unpaired) electrons. The van der Waals surface area contributed by atoms with Crippen LogP contribution in [0.3, 0.4) is 0 Å². The molecule has 0 amide bonds. The van der Waals surface area contributed by atoms with Gasteiger partial charge in [0.15, 0.2) is 0 Å². The van der Waals surface area contributed by atoms with Crippen LogP contribution in [0.2, 0.25) is 0 Å². The van der Waals surface area contributed by atoms with Gasteiger partial charge in [0.25, 0.3) is 0 Å². The molecule has 0 spiro atoms. The standard InChI is InChI=1S/C8H4NO3/c9-5-6-2-1-3-7(4-6)12-8(10)11/h1-4H. The lowest BCUT2D eigenvalue weighted by molar-refractivity contribution is 0.117. The predicted octanol–water partition coefficient (Wildman–Crippen LogP) is 1.49. The predicted molar refractivity (Wildman–Crippen MR) is 37.9 cm³/mol. The van der Waals surface area contributed by atoms with Gasteiger partial charge in [0.1, 0.15) is 5.75 Å². The molecule has 0 aliphatic carbocycles. The fourth-order valence-corrected chi connectivity index (χ4v) is 0.725. The number of benzene rings is 1. The first-order valence-corrected chi connectivity index (χ1v) is 3.11. The number of rotatable bonds is 1. The molecule has 1 aromatic rings. The zero-order chi connectivity index (χ0) is 8.97. The van der Waals surface area contributed by atoms with Crippen LogP contribution < -0.4 is 4.74 Å². The highest BCUT2D eigenvalue weighted by molar-refractivity contribution is 5.61. The highest BCUT2D eigenvalue weighted by atomic mass is 16.7. The minimum atomic E-state index is -1.63. The van der Waals surface area contributed by atoms with Gasteiger partial charge in [-0.05, 0) is 18.2 Å². The molecule has 0 aliphatic heterocycles. The van der Waals surface area contributed by atoms with E-state index in [9.17, 15) is 9.90 Å². The van der Waals surface area contributed by atoms with Crippen molar-refractivity contribution in [3.05, 3.63) is 29.8 Å². The van der Waals surface area contributed by atoms with Gasteiger partial charge in [-0.25, -0.2) is 0 Å². The Hall–Kier alpha value is -2.02. The highest BCUT2D eigenvalue weighted by Crippen LogP contribution is 2.12. The van der Waals surface area contributed by atoms with Gasteiger partial charge in [-0.3, -0.25) is 0 Å². The topological polar surface area (TPSA) is 70.0 Å². The summed E-state index contributed by atoms with van der Waals surface area (Å²) in [6.07, 6.45) is -1.63. The minimum absolute atomic E-state index is 0.0917. The SMILES string of the molecule is N#Cc1cccc(OC([O])=O)c1. The summed E-state index contributed by atoms with van der Waals surface area (Å²) in [5, 5.41) is 18.4. The summed E-state index contributed by atoms with van der Waals surface area (Å²) in [7, 11) is 0. The number of nitriles is 1. The third kappa shape index (κ3) is 1.99. The van der Waals surface area contributed by atoms with Crippen LogP contribution >= 0.6 is 0 Å². The highest BCUT2D eigenvalue weighted by Gasteiger charge is 2.02. The molecule has 12 heavy (non-hydrogen) atoms. The Morgan fingerprint density at radius 1 is 1.50 bits per heavy atom. The minimum Gasteiger partial charge on any atom is -0.392 e. The molecule has 4 nitrogen and oxygen atoms in total. The van der Waals surface area contributed by atoms with E-state index in [-0.39, 0.29) is 5.75 Å². The van der Waals surface area contributed by atoms with Crippen LogP contribution in [0, 0.1) is 11.3 Å². The van der Waals surface area contributed by atoms with Gasteiger partial charge in [-0.1, -0.05) is 6.07 Å². The molecule has 0 saturated heterocycles. The van der Waals surface area contributed by atoms with E-state index in [2.05, 4.69) is 4.74 Å². The lowest BCUT2D eigenvalue weighted by Crippen LogP contribution is -2.00. The number of ether oxygens (including phenoxy) is 1. The summed E-state index contributed by atoms with van der Waals surface area (Å²) in [6.45, 7) is 0. The summed E-state index contributed by atoms with van der Waals surface area (Å²) in [5.74, 6) is 0.0917. The van der Waals surface area contributed by atoms with Crippen molar-refractivity contribution in [2.24, 2.45) is 0 Å². The molecule has 0 aliphatic rings. The monoisotopic (exact) mass is 162 g/mol. The molecule has 59 valence electrons. The van der Waals surface area contributed by atoms with Crippen LogP contribution in [-0.2, 0) is 5.11 Å². The normalized spacial score (nSPS) is 8.58. The van der Waals surface area contributed by atoms with Crippen LogP contribution in [0.15, 0.2) is 24.3 Å². The van der Waals surface area contributed by atoms with E-state index in [0.29, 0.717) is 5.56 Å². The second kappa shape index (κ2) is 3.39. The van der Waals surface area contributed by atoms with Crippen LogP contribution in [0.25, 0.3) is 0 Å². The van der Waals surface area contributed by atoms with E-state index in [1.54, 1.807) is 6.07 Å². The van der Waals surface area contributed by atoms with Crippen molar-refractivity contribution < 1.29 is 14.6 Å². The number of nitrogens with zero attached hydrogens (tertiary/aromatic N) is 1. The van der Waals surface area contributed by atoms with E-state index in [1.165, 1.54) is 18.2 Å². The van der Waals surface area contributed by atoms with Crippen molar-refractivity contribution in [3.8, 4) is 11.8 Å². The summed E-state index contributed by atoms with van der Waals surface area (Å²) >= 11 is 0. The molecule has 1 rings (SSSR count). The maximum absolute atomic E-state index is 9.95. The van der Waals surface area contributed by atoms with Crippen LogP contribution in [0.1, 0.15) is 5.56 Å². The molecular formula is C8H4NO3. The van der Waals surface area contributed by atoms with Gasteiger partial charge < -0.3 is 4.74 Å². The molecule has 0 atom stereocenters. The quantitative estimate of drug-likeness (QED) is 0.464. The fourth-order valence-electron chi connectivity index (χ4n) is 0.725. The van der Waals surface area contributed by atoms with E-state index >= 15 is 0 Å². The molecule has 0 unspecified atom stereocenters. The van der Waals surface area contributed by atoms with E-state index in [4.69, 9.17) is 5.26 Å². The average Bonchev–Trinajstić information content (AvgIpc) is 2.03. The van der Waals surface area contributed by atoms with Gasteiger partial charge in [0.2, 0.25) is 0 Å². The van der Waals surface area contributed by atoms with Crippen molar-refractivity contribution in [2.75, 3.05) is 0 Å². The summed E-state index contributed by atoms with van der Waals surface area (Å²) in [6, 6.07) is 7.66. The van der Waals surface area contributed by atoms with Gasteiger partial charge >= 0.3 is 6.16 Å². The second-order valence-corrected chi connectivity index (χ2v) is 1.99. The summed E-state index contributed by atoms with van der Waals surface area (Å²) in [5.41, 5.74) is 0.341. The summed E-state index contributed by atoms with van der Waals surface area (Å²) < 4.78 is 4.21. The Morgan fingerprint density at radius 2 is 2.25 bits per heavy atom. The lowest BCUT2D eigenvalue weighted by atomic mass is 10.2. The number of carbonyl (C=O) groups excluding carboxylic acids is 1. The molecule has 0 bridgehead atoms. The molecule has 0 fully saturated rings. The van der Waals surface area contributed by atoms with Crippen LogP contribution in [0.4, 0.5) is 4.79 Å². The fraction of sp³-hybridized carbons (Fsp3) is 0. The first-order chi connectivity index (χ1) is 5.72. The van der Waals surface area contributed by atoms with Crippen molar-refractivity contribution in [1.82, 2.24) is 0 Å². The molecule has 0 heterocycles.